The number of benzene rings is 1. The fourth-order valence-electron chi connectivity index (χ4n) is 3.40. The van der Waals surface area contributed by atoms with Gasteiger partial charge in [-0.05, 0) is 32.0 Å². The number of fused-ring (bicyclic) bond motifs is 1. The van der Waals surface area contributed by atoms with E-state index in [1.165, 1.54) is 5.69 Å². The van der Waals surface area contributed by atoms with Gasteiger partial charge in [0, 0.05) is 43.3 Å². The highest BCUT2D eigenvalue weighted by Crippen LogP contribution is 2.18. The second-order valence-corrected chi connectivity index (χ2v) is 6.45. The summed E-state index contributed by atoms with van der Waals surface area (Å²) in [7, 11) is 0. The van der Waals surface area contributed by atoms with Crippen molar-refractivity contribution in [1.29, 1.82) is 0 Å². The highest BCUT2D eigenvalue weighted by atomic mass is 16.2. The zero-order valence-electron chi connectivity index (χ0n) is 14.5. The van der Waals surface area contributed by atoms with Crippen LogP contribution in [0, 0.1) is 13.8 Å². The Bertz CT molecular complexity index is 910. The number of aryl methyl sites for hydroxylation is 2. The van der Waals surface area contributed by atoms with Crippen molar-refractivity contribution in [3.05, 3.63) is 59.5 Å². The maximum atomic E-state index is 13.0. The number of carbonyl (C=O) groups excluding carboxylic acids is 1. The molecule has 1 aliphatic rings. The first-order chi connectivity index (χ1) is 12.1. The third kappa shape index (κ3) is 2.84. The predicted molar refractivity (Wildman–Crippen MR) is 97.0 cm³/mol. The van der Waals surface area contributed by atoms with E-state index in [1.54, 1.807) is 10.7 Å². The maximum Gasteiger partial charge on any atom is 0.259 e. The highest BCUT2D eigenvalue weighted by Gasteiger charge is 2.25. The smallest absolute Gasteiger partial charge is 0.259 e. The average molecular weight is 335 g/mol. The maximum absolute atomic E-state index is 13.0. The van der Waals surface area contributed by atoms with Gasteiger partial charge in [-0.15, -0.1) is 0 Å². The van der Waals surface area contributed by atoms with Gasteiger partial charge in [-0.1, -0.05) is 18.2 Å². The van der Waals surface area contributed by atoms with Gasteiger partial charge in [0.15, 0.2) is 5.65 Å². The summed E-state index contributed by atoms with van der Waals surface area (Å²) in [6.07, 6.45) is 1.64. The zero-order valence-corrected chi connectivity index (χ0v) is 14.5. The van der Waals surface area contributed by atoms with Crippen LogP contribution < -0.4 is 4.90 Å². The van der Waals surface area contributed by atoms with Crippen LogP contribution in [-0.4, -0.2) is 51.6 Å². The minimum Gasteiger partial charge on any atom is -0.368 e. The van der Waals surface area contributed by atoms with E-state index >= 15 is 0 Å². The number of anilines is 1. The molecule has 1 amide bonds. The third-order valence-corrected chi connectivity index (χ3v) is 4.70. The van der Waals surface area contributed by atoms with Crippen LogP contribution >= 0.6 is 0 Å². The summed E-state index contributed by atoms with van der Waals surface area (Å²) >= 11 is 0. The monoisotopic (exact) mass is 335 g/mol. The number of amides is 1. The molecule has 0 N–H and O–H groups in total. The number of hydrogen-bond donors (Lipinski definition) is 0. The van der Waals surface area contributed by atoms with Crippen molar-refractivity contribution in [2.75, 3.05) is 31.1 Å². The lowest BCUT2D eigenvalue weighted by Crippen LogP contribution is -2.48. The lowest BCUT2D eigenvalue weighted by atomic mass is 10.2. The molecule has 0 saturated carbocycles. The molecule has 25 heavy (non-hydrogen) atoms. The van der Waals surface area contributed by atoms with Gasteiger partial charge in [0.05, 0.1) is 6.20 Å². The van der Waals surface area contributed by atoms with E-state index in [0.717, 1.165) is 24.5 Å². The number of carbonyl (C=O) groups is 1. The van der Waals surface area contributed by atoms with E-state index < -0.39 is 0 Å². The standard InChI is InChI=1S/C19H21N5O/c1-14-12-15(2)24-18(21-14)17(13-20-24)19(25)23-10-8-22(9-11-23)16-6-4-3-5-7-16/h3-7,12-13H,8-11H2,1-2H3. The zero-order chi connectivity index (χ0) is 17.4. The Hall–Kier alpha value is -2.89. The second kappa shape index (κ2) is 6.20. The number of rotatable bonds is 2. The van der Waals surface area contributed by atoms with Gasteiger partial charge in [0.1, 0.15) is 5.56 Å². The van der Waals surface area contributed by atoms with Crippen molar-refractivity contribution in [2.24, 2.45) is 0 Å². The van der Waals surface area contributed by atoms with Crippen molar-refractivity contribution in [3.8, 4) is 0 Å². The molecule has 4 rings (SSSR count). The fraction of sp³-hybridized carbons (Fsp3) is 0.316. The Labute approximate surface area is 146 Å². The molecule has 6 heteroatoms. The van der Waals surface area contributed by atoms with Crippen LogP contribution in [-0.2, 0) is 0 Å². The Morgan fingerprint density at radius 3 is 2.48 bits per heavy atom. The van der Waals surface area contributed by atoms with Crippen LogP contribution in [0.3, 0.4) is 0 Å². The third-order valence-electron chi connectivity index (χ3n) is 4.70. The molecule has 0 radical (unpaired) electrons. The van der Waals surface area contributed by atoms with Gasteiger partial charge in [-0.25, -0.2) is 9.50 Å². The lowest BCUT2D eigenvalue weighted by Gasteiger charge is -2.36. The second-order valence-electron chi connectivity index (χ2n) is 6.45. The van der Waals surface area contributed by atoms with Gasteiger partial charge in [0.2, 0.25) is 0 Å². The molecular weight excluding hydrogens is 314 g/mol. The molecule has 1 saturated heterocycles. The minimum atomic E-state index is 0.0141. The van der Waals surface area contributed by atoms with E-state index in [4.69, 9.17) is 0 Å². The summed E-state index contributed by atoms with van der Waals surface area (Å²) < 4.78 is 1.74. The highest BCUT2D eigenvalue weighted by molar-refractivity contribution is 5.99. The van der Waals surface area contributed by atoms with Gasteiger partial charge in [-0.2, -0.15) is 5.10 Å². The van der Waals surface area contributed by atoms with Gasteiger partial charge >= 0.3 is 0 Å². The predicted octanol–water partition coefficient (Wildman–Crippen LogP) is 2.31. The normalized spacial score (nSPS) is 15.0. The molecule has 0 spiro atoms. The van der Waals surface area contributed by atoms with Crippen LogP contribution in [0.1, 0.15) is 21.7 Å². The van der Waals surface area contributed by atoms with Crippen LogP contribution in [0.5, 0.6) is 0 Å². The first-order valence-corrected chi connectivity index (χ1v) is 8.55. The minimum absolute atomic E-state index is 0.0141. The lowest BCUT2D eigenvalue weighted by molar-refractivity contribution is 0.0748. The Kier molecular flexibility index (Phi) is 3.87. The van der Waals surface area contributed by atoms with E-state index in [9.17, 15) is 4.79 Å². The molecule has 1 fully saturated rings. The first-order valence-electron chi connectivity index (χ1n) is 8.55. The molecular formula is C19H21N5O. The Morgan fingerprint density at radius 2 is 1.76 bits per heavy atom. The molecule has 6 nitrogen and oxygen atoms in total. The Balaban J connectivity index is 1.53. The SMILES string of the molecule is Cc1cc(C)n2ncc(C(=O)N3CCN(c4ccccc4)CC3)c2n1. The van der Waals surface area contributed by atoms with Gasteiger partial charge in [0.25, 0.3) is 5.91 Å². The van der Waals surface area contributed by atoms with Crippen LogP contribution in [0.15, 0.2) is 42.6 Å². The van der Waals surface area contributed by atoms with Crippen molar-refractivity contribution < 1.29 is 4.79 Å². The molecule has 3 heterocycles. The molecule has 2 aromatic heterocycles. The molecule has 1 aliphatic heterocycles. The summed E-state index contributed by atoms with van der Waals surface area (Å²) in [5, 5.41) is 4.33. The van der Waals surface area contributed by atoms with Crippen molar-refractivity contribution in [1.82, 2.24) is 19.5 Å². The van der Waals surface area contributed by atoms with Crippen LogP contribution in [0.2, 0.25) is 0 Å². The summed E-state index contributed by atoms with van der Waals surface area (Å²) in [4.78, 5) is 21.7. The van der Waals surface area contributed by atoms with Gasteiger partial charge in [-0.3, -0.25) is 4.79 Å². The average Bonchev–Trinajstić information content (AvgIpc) is 3.06. The molecule has 0 aliphatic carbocycles. The number of aromatic nitrogens is 3. The van der Waals surface area contributed by atoms with E-state index in [0.29, 0.717) is 24.3 Å². The van der Waals surface area contributed by atoms with Crippen molar-refractivity contribution >= 4 is 17.2 Å². The molecule has 3 aromatic rings. The van der Waals surface area contributed by atoms with Crippen molar-refractivity contribution in [3.63, 3.8) is 0 Å². The molecule has 0 atom stereocenters. The summed E-state index contributed by atoms with van der Waals surface area (Å²) in [6, 6.07) is 12.3. The molecule has 1 aromatic carbocycles. The molecule has 128 valence electrons. The van der Waals surface area contributed by atoms with Crippen molar-refractivity contribution in [2.45, 2.75) is 13.8 Å². The van der Waals surface area contributed by atoms with Crippen LogP contribution in [0.4, 0.5) is 5.69 Å². The summed E-state index contributed by atoms with van der Waals surface area (Å²) in [5.74, 6) is 0.0141. The molecule has 0 unspecified atom stereocenters. The number of para-hydroxylation sites is 1. The van der Waals surface area contributed by atoms with E-state index in [2.05, 4.69) is 27.1 Å². The van der Waals surface area contributed by atoms with E-state index in [-0.39, 0.29) is 5.91 Å². The summed E-state index contributed by atoms with van der Waals surface area (Å²) in [6.45, 7) is 6.99. The largest absolute Gasteiger partial charge is 0.368 e. The quantitative estimate of drug-likeness (QED) is 0.721. The topological polar surface area (TPSA) is 53.7 Å². The van der Waals surface area contributed by atoms with E-state index in [1.807, 2.05) is 43.0 Å². The molecule has 0 bridgehead atoms. The summed E-state index contributed by atoms with van der Waals surface area (Å²) in [5.41, 5.74) is 4.32. The Morgan fingerprint density at radius 1 is 1.04 bits per heavy atom. The number of nitrogens with zero attached hydrogens (tertiary/aromatic N) is 5. The van der Waals surface area contributed by atoms with Crippen LogP contribution in [0.25, 0.3) is 5.65 Å². The van der Waals surface area contributed by atoms with Gasteiger partial charge < -0.3 is 9.80 Å². The first kappa shape index (κ1) is 15.6. The number of hydrogen-bond acceptors (Lipinski definition) is 4. The fourth-order valence-corrected chi connectivity index (χ4v) is 3.40. The number of piperazine rings is 1.